The number of rotatable bonds is 7. The van der Waals surface area contributed by atoms with Crippen LogP contribution in [0.25, 0.3) is 0 Å². The number of hydrogen-bond acceptors (Lipinski definition) is 2. The third-order valence-electron chi connectivity index (χ3n) is 2.28. The summed E-state index contributed by atoms with van der Waals surface area (Å²) < 4.78 is 5.16. The van der Waals surface area contributed by atoms with Gasteiger partial charge in [-0.25, -0.2) is 0 Å². The quantitative estimate of drug-likeness (QED) is 0.660. The highest BCUT2D eigenvalue weighted by Crippen LogP contribution is 2.03. The van der Waals surface area contributed by atoms with E-state index in [0.29, 0.717) is 12.0 Å². The molecular weight excluding hydrogens is 162 g/mol. The van der Waals surface area contributed by atoms with Crippen LogP contribution in [0, 0.1) is 11.8 Å². The van der Waals surface area contributed by atoms with Crippen molar-refractivity contribution >= 4 is 0 Å². The minimum absolute atomic E-state index is 0.503. The molecule has 0 aromatic heterocycles. The van der Waals surface area contributed by atoms with Gasteiger partial charge in [-0.2, -0.15) is 0 Å². The summed E-state index contributed by atoms with van der Waals surface area (Å²) in [6.07, 6.45) is 1.24. The molecule has 0 aromatic rings. The van der Waals surface area contributed by atoms with Gasteiger partial charge in [0.15, 0.2) is 0 Å². The van der Waals surface area contributed by atoms with Gasteiger partial charge in [0.2, 0.25) is 0 Å². The summed E-state index contributed by atoms with van der Waals surface area (Å²) in [7, 11) is 1.76. The molecular formula is C11H25NO. The summed E-state index contributed by atoms with van der Waals surface area (Å²) in [5.41, 5.74) is 0. The lowest BCUT2D eigenvalue weighted by molar-refractivity contribution is 0.146. The molecule has 2 heteroatoms. The summed E-state index contributed by atoms with van der Waals surface area (Å²) in [6.45, 7) is 10.9. The number of methoxy groups -OCH3 is 1. The molecule has 80 valence electrons. The van der Waals surface area contributed by atoms with Crippen LogP contribution in [0.3, 0.4) is 0 Å². The van der Waals surface area contributed by atoms with Gasteiger partial charge in [-0.1, -0.05) is 27.7 Å². The third kappa shape index (κ3) is 7.03. The first-order chi connectivity index (χ1) is 6.07. The molecule has 2 nitrogen and oxygen atoms in total. The van der Waals surface area contributed by atoms with Gasteiger partial charge in [0.05, 0.1) is 6.61 Å². The van der Waals surface area contributed by atoms with Crippen LogP contribution in [-0.4, -0.2) is 26.3 Å². The Morgan fingerprint density at radius 3 is 2.15 bits per heavy atom. The van der Waals surface area contributed by atoms with Crippen molar-refractivity contribution in [2.75, 3.05) is 20.3 Å². The lowest BCUT2D eigenvalue weighted by Gasteiger charge is -2.22. The van der Waals surface area contributed by atoms with Crippen LogP contribution in [0.2, 0.25) is 0 Å². The highest BCUT2D eigenvalue weighted by atomic mass is 16.5. The third-order valence-corrected chi connectivity index (χ3v) is 2.28. The average molecular weight is 187 g/mol. The Labute approximate surface area is 83.1 Å². The SMILES string of the molecule is COCC(NCCC(C)C)C(C)C. The van der Waals surface area contributed by atoms with E-state index < -0.39 is 0 Å². The van der Waals surface area contributed by atoms with Crippen molar-refractivity contribution in [2.24, 2.45) is 11.8 Å². The molecule has 0 aliphatic heterocycles. The first-order valence-electron chi connectivity index (χ1n) is 5.30. The molecule has 1 N–H and O–H groups in total. The van der Waals surface area contributed by atoms with E-state index in [1.807, 2.05) is 0 Å². The summed E-state index contributed by atoms with van der Waals surface area (Å²) in [5, 5.41) is 3.53. The predicted molar refractivity (Wildman–Crippen MR) is 58.0 cm³/mol. The van der Waals surface area contributed by atoms with Gasteiger partial charge in [0, 0.05) is 13.2 Å². The predicted octanol–water partition coefficient (Wildman–Crippen LogP) is 2.29. The molecule has 0 saturated carbocycles. The van der Waals surface area contributed by atoms with Crippen LogP contribution in [0.1, 0.15) is 34.1 Å². The van der Waals surface area contributed by atoms with Gasteiger partial charge < -0.3 is 10.1 Å². The second-order valence-electron chi connectivity index (χ2n) is 4.44. The van der Waals surface area contributed by atoms with Crippen LogP contribution < -0.4 is 5.32 Å². The molecule has 13 heavy (non-hydrogen) atoms. The molecule has 0 bridgehead atoms. The topological polar surface area (TPSA) is 21.3 Å². The standard InChI is InChI=1S/C11H25NO/c1-9(2)6-7-12-11(8-13-5)10(3)4/h9-12H,6-8H2,1-5H3. The Kier molecular flexibility index (Phi) is 7.29. The number of ether oxygens (including phenoxy) is 1. The van der Waals surface area contributed by atoms with Crippen LogP contribution in [0.4, 0.5) is 0 Å². The normalized spacial score (nSPS) is 14.1. The zero-order valence-electron chi connectivity index (χ0n) is 9.76. The molecule has 0 radical (unpaired) electrons. The van der Waals surface area contributed by atoms with E-state index >= 15 is 0 Å². The Balaban J connectivity index is 3.57. The van der Waals surface area contributed by atoms with E-state index in [1.165, 1.54) is 6.42 Å². The van der Waals surface area contributed by atoms with Gasteiger partial charge in [-0.15, -0.1) is 0 Å². The van der Waals surface area contributed by atoms with Crippen molar-refractivity contribution in [3.63, 3.8) is 0 Å². The van der Waals surface area contributed by atoms with Crippen LogP contribution in [0.5, 0.6) is 0 Å². The van der Waals surface area contributed by atoms with Crippen molar-refractivity contribution in [1.82, 2.24) is 5.32 Å². The summed E-state index contributed by atoms with van der Waals surface area (Å²) in [4.78, 5) is 0. The zero-order valence-corrected chi connectivity index (χ0v) is 9.76. The molecule has 1 unspecified atom stereocenters. The molecule has 0 spiro atoms. The summed E-state index contributed by atoms with van der Waals surface area (Å²) in [5.74, 6) is 1.43. The fourth-order valence-electron chi connectivity index (χ4n) is 1.22. The minimum atomic E-state index is 0.503. The first-order valence-corrected chi connectivity index (χ1v) is 5.30. The van der Waals surface area contributed by atoms with Gasteiger partial charge in [-0.3, -0.25) is 0 Å². The summed E-state index contributed by atoms with van der Waals surface area (Å²) in [6, 6.07) is 0.503. The molecule has 1 atom stereocenters. The van der Waals surface area contributed by atoms with Crippen molar-refractivity contribution in [2.45, 2.75) is 40.2 Å². The Morgan fingerprint density at radius 2 is 1.77 bits per heavy atom. The maximum absolute atomic E-state index is 5.16. The maximum Gasteiger partial charge on any atom is 0.0618 e. The first kappa shape index (κ1) is 12.9. The van der Waals surface area contributed by atoms with Gasteiger partial charge in [0.25, 0.3) is 0 Å². The molecule has 0 amide bonds. The van der Waals surface area contributed by atoms with E-state index in [1.54, 1.807) is 7.11 Å². The van der Waals surface area contributed by atoms with Crippen LogP contribution >= 0.6 is 0 Å². The van der Waals surface area contributed by atoms with E-state index in [9.17, 15) is 0 Å². The second-order valence-corrected chi connectivity index (χ2v) is 4.44. The average Bonchev–Trinajstić information content (AvgIpc) is 2.02. The molecule has 0 rings (SSSR count). The fourth-order valence-corrected chi connectivity index (χ4v) is 1.22. The smallest absolute Gasteiger partial charge is 0.0618 e. The molecule has 0 aliphatic carbocycles. The van der Waals surface area contributed by atoms with Gasteiger partial charge in [-0.05, 0) is 24.8 Å². The zero-order chi connectivity index (χ0) is 10.3. The molecule has 0 aliphatic rings. The minimum Gasteiger partial charge on any atom is -0.383 e. The lowest BCUT2D eigenvalue weighted by Crippen LogP contribution is -2.38. The van der Waals surface area contributed by atoms with Crippen LogP contribution in [0.15, 0.2) is 0 Å². The monoisotopic (exact) mass is 187 g/mol. The van der Waals surface area contributed by atoms with E-state index in [2.05, 4.69) is 33.0 Å². The second kappa shape index (κ2) is 7.34. The Morgan fingerprint density at radius 1 is 1.15 bits per heavy atom. The summed E-state index contributed by atoms with van der Waals surface area (Å²) >= 11 is 0. The maximum atomic E-state index is 5.16. The van der Waals surface area contributed by atoms with Crippen molar-refractivity contribution in [1.29, 1.82) is 0 Å². The Hall–Kier alpha value is -0.0800. The van der Waals surface area contributed by atoms with E-state index in [-0.39, 0.29) is 0 Å². The highest BCUT2D eigenvalue weighted by Gasteiger charge is 2.11. The fraction of sp³-hybridized carbons (Fsp3) is 1.00. The van der Waals surface area contributed by atoms with Gasteiger partial charge in [0.1, 0.15) is 0 Å². The number of nitrogens with one attached hydrogen (secondary N) is 1. The van der Waals surface area contributed by atoms with E-state index in [4.69, 9.17) is 4.74 Å². The molecule has 0 saturated heterocycles. The van der Waals surface area contributed by atoms with Crippen molar-refractivity contribution in [3.8, 4) is 0 Å². The molecule has 0 heterocycles. The van der Waals surface area contributed by atoms with Crippen LogP contribution in [-0.2, 0) is 4.74 Å². The van der Waals surface area contributed by atoms with Crippen molar-refractivity contribution < 1.29 is 4.74 Å². The largest absolute Gasteiger partial charge is 0.383 e. The lowest BCUT2D eigenvalue weighted by atomic mass is 10.0. The molecule has 0 fully saturated rings. The highest BCUT2D eigenvalue weighted by molar-refractivity contribution is 4.69. The Bertz CT molecular complexity index is 113. The van der Waals surface area contributed by atoms with Gasteiger partial charge >= 0.3 is 0 Å². The molecule has 0 aromatic carbocycles. The van der Waals surface area contributed by atoms with Crippen molar-refractivity contribution in [3.05, 3.63) is 0 Å². The van der Waals surface area contributed by atoms with E-state index in [0.717, 1.165) is 19.1 Å². The number of hydrogen-bond donors (Lipinski definition) is 1.